The van der Waals surface area contributed by atoms with Crippen LogP contribution in [0.5, 0.6) is 0 Å². The summed E-state index contributed by atoms with van der Waals surface area (Å²) in [5.74, 6) is -0.185. The zero-order valence-electron chi connectivity index (χ0n) is 16.9. The maximum Gasteiger partial charge on any atom is 0.227 e. The van der Waals surface area contributed by atoms with Gasteiger partial charge in [-0.05, 0) is 35.9 Å². The van der Waals surface area contributed by atoms with E-state index in [1.165, 1.54) is 0 Å². The zero-order chi connectivity index (χ0) is 21.2. The Kier molecular flexibility index (Phi) is 5.00. The Morgan fingerprint density at radius 3 is 2.55 bits per heavy atom. The molecule has 0 aliphatic carbocycles. The van der Waals surface area contributed by atoms with Crippen LogP contribution >= 0.6 is 0 Å². The topological polar surface area (TPSA) is 63.2 Å². The van der Waals surface area contributed by atoms with Crippen LogP contribution in [0.2, 0.25) is 0 Å². The Balaban J connectivity index is 1.32. The number of nitrogens with zero attached hydrogens (tertiary/aromatic N) is 3. The number of hydrogen-bond acceptors (Lipinski definition) is 4. The molecule has 31 heavy (non-hydrogen) atoms. The molecule has 1 aromatic heterocycles. The van der Waals surface area contributed by atoms with E-state index in [0.29, 0.717) is 13.0 Å². The summed E-state index contributed by atoms with van der Waals surface area (Å²) in [7, 11) is 0. The second kappa shape index (κ2) is 8.11. The molecule has 1 aliphatic heterocycles. The molecule has 1 amide bonds. The number of carbonyl (C=O) groups excluding carboxylic acids is 2. The van der Waals surface area contributed by atoms with Crippen molar-refractivity contribution in [3.63, 3.8) is 0 Å². The summed E-state index contributed by atoms with van der Waals surface area (Å²) in [6, 6.07) is 25.1. The van der Waals surface area contributed by atoms with Gasteiger partial charge in [0.05, 0.1) is 22.9 Å². The van der Waals surface area contributed by atoms with E-state index in [1.54, 1.807) is 11.1 Å². The molecule has 0 N–H and O–H groups in total. The normalized spacial score (nSPS) is 16.1. The first-order valence-electron chi connectivity index (χ1n) is 10.4. The second-order valence-corrected chi connectivity index (χ2v) is 7.83. The standard InChI is InChI=1S/C26H21N3O2/c30-25(20-15-26(31)29(17-20)21-9-2-1-3-10-21)14-18-7-6-8-19(13-18)24-16-27-22-11-4-5-12-23(22)28-24/h1-13,16,20H,14-15,17H2. The number of Topliss-reactive ketones (excluding diaryl/α,β-unsaturated/α-hetero) is 1. The van der Waals surface area contributed by atoms with Gasteiger partial charge in [-0.1, -0.05) is 48.5 Å². The van der Waals surface area contributed by atoms with Crippen molar-refractivity contribution in [3.8, 4) is 11.3 Å². The molecule has 5 nitrogen and oxygen atoms in total. The van der Waals surface area contributed by atoms with Crippen molar-refractivity contribution in [1.29, 1.82) is 0 Å². The first-order valence-corrected chi connectivity index (χ1v) is 10.4. The van der Waals surface area contributed by atoms with Crippen LogP contribution in [0.1, 0.15) is 12.0 Å². The minimum Gasteiger partial charge on any atom is -0.312 e. The van der Waals surface area contributed by atoms with Gasteiger partial charge in [-0.25, -0.2) is 4.98 Å². The highest BCUT2D eigenvalue weighted by molar-refractivity contribution is 6.01. The van der Waals surface area contributed by atoms with Crippen LogP contribution in [-0.4, -0.2) is 28.2 Å². The van der Waals surface area contributed by atoms with Crippen molar-refractivity contribution in [3.05, 3.63) is 90.6 Å². The van der Waals surface area contributed by atoms with Gasteiger partial charge in [-0.3, -0.25) is 14.6 Å². The van der Waals surface area contributed by atoms with Crippen molar-refractivity contribution in [2.75, 3.05) is 11.4 Å². The summed E-state index contributed by atoms with van der Waals surface area (Å²) < 4.78 is 0. The molecule has 0 saturated carbocycles. The van der Waals surface area contributed by atoms with Gasteiger partial charge in [-0.15, -0.1) is 0 Å². The third-order valence-corrected chi connectivity index (χ3v) is 5.70. The van der Waals surface area contributed by atoms with Gasteiger partial charge >= 0.3 is 0 Å². The lowest BCUT2D eigenvalue weighted by Gasteiger charge is -2.16. The van der Waals surface area contributed by atoms with E-state index in [0.717, 1.165) is 33.5 Å². The van der Waals surface area contributed by atoms with Gasteiger partial charge in [0.15, 0.2) is 0 Å². The molecule has 1 aliphatic rings. The lowest BCUT2D eigenvalue weighted by molar-refractivity contribution is -0.124. The molecule has 1 atom stereocenters. The number of aromatic nitrogens is 2. The number of fused-ring (bicyclic) bond motifs is 1. The predicted molar refractivity (Wildman–Crippen MR) is 121 cm³/mol. The highest BCUT2D eigenvalue weighted by Crippen LogP contribution is 2.27. The largest absolute Gasteiger partial charge is 0.312 e. The van der Waals surface area contributed by atoms with Crippen molar-refractivity contribution in [2.45, 2.75) is 12.8 Å². The van der Waals surface area contributed by atoms with Gasteiger partial charge < -0.3 is 4.90 Å². The Morgan fingerprint density at radius 2 is 1.71 bits per heavy atom. The summed E-state index contributed by atoms with van der Waals surface area (Å²) in [6.07, 6.45) is 2.33. The fraction of sp³-hybridized carbons (Fsp3) is 0.154. The van der Waals surface area contributed by atoms with Crippen LogP contribution in [-0.2, 0) is 16.0 Å². The first kappa shape index (κ1) is 19.1. The van der Waals surface area contributed by atoms with E-state index in [9.17, 15) is 9.59 Å². The van der Waals surface area contributed by atoms with Crippen LogP contribution in [0.4, 0.5) is 5.69 Å². The number of para-hydroxylation sites is 3. The van der Waals surface area contributed by atoms with Crippen molar-refractivity contribution in [1.82, 2.24) is 9.97 Å². The van der Waals surface area contributed by atoms with Crippen LogP contribution in [0.15, 0.2) is 85.1 Å². The van der Waals surface area contributed by atoms with Gasteiger partial charge in [-0.2, -0.15) is 0 Å². The number of amides is 1. The quantitative estimate of drug-likeness (QED) is 0.490. The summed E-state index contributed by atoms with van der Waals surface area (Å²) in [4.78, 5) is 36.3. The Bertz CT molecular complexity index is 1270. The second-order valence-electron chi connectivity index (χ2n) is 7.83. The fourth-order valence-corrected chi connectivity index (χ4v) is 4.06. The summed E-state index contributed by atoms with van der Waals surface area (Å²) in [6.45, 7) is 0.442. The molecule has 3 aromatic carbocycles. The molecule has 5 rings (SSSR count). The van der Waals surface area contributed by atoms with Gasteiger partial charge in [0.1, 0.15) is 5.78 Å². The van der Waals surface area contributed by atoms with Gasteiger partial charge in [0.2, 0.25) is 5.91 Å². The number of rotatable bonds is 5. The molecule has 152 valence electrons. The van der Waals surface area contributed by atoms with Crippen LogP contribution in [0.3, 0.4) is 0 Å². The lowest BCUT2D eigenvalue weighted by atomic mass is 9.96. The van der Waals surface area contributed by atoms with Crippen LogP contribution in [0, 0.1) is 5.92 Å². The number of anilines is 1. The van der Waals surface area contributed by atoms with E-state index >= 15 is 0 Å². The minimum atomic E-state index is -0.281. The average Bonchev–Trinajstić information content (AvgIpc) is 3.21. The van der Waals surface area contributed by atoms with E-state index in [2.05, 4.69) is 4.98 Å². The van der Waals surface area contributed by atoms with E-state index in [4.69, 9.17) is 4.98 Å². The number of hydrogen-bond donors (Lipinski definition) is 0. The first-order chi connectivity index (χ1) is 15.2. The van der Waals surface area contributed by atoms with Gasteiger partial charge in [0, 0.05) is 36.6 Å². The SMILES string of the molecule is O=C(Cc1cccc(-c2cnc3ccccc3n2)c1)C1CC(=O)N(c2ccccc2)C1. The highest BCUT2D eigenvalue weighted by atomic mass is 16.2. The number of carbonyl (C=O) groups is 2. The lowest BCUT2D eigenvalue weighted by Crippen LogP contribution is -2.26. The summed E-state index contributed by atoms with van der Waals surface area (Å²) in [5, 5.41) is 0. The number of ketones is 1. The third kappa shape index (κ3) is 3.94. The van der Waals surface area contributed by atoms with Crippen molar-refractivity contribution in [2.24, 2.45) is 5.92 Å². The maximum atomic E-state index is 13.0. The smallest absolute Gasteiger partial charge is 0.227 e. The molecule has 2 heterocycles. The highest BCUT2D eigenvalue weighted by Gasteiger charge is 2.34. The van der Waals surface area contributed by atoms with Crippen molar-refractivity contribution >= 4 is 28.4 Å². The summed E-state index contributed by atoms with van der Waals surface area (Å²) in [5.41, 5.74) is 5.16. The monoisotopic (exact) mass is 407 g/mol. The maximum absolute atomic E-state index is 13.0. The molecule has 0 bridgehead atoms. The predicted octanol–water partition coefficient (Wildman–Crippen LogP) is 4.46. The van der Waals surface area contributed by atoms with Crippen molar-refractivity contribution < 1.29 is 9.59 Å². The Morgan fingerprint density at radius 1 is 0.935 bits per heavy atom. The molecule has 0 spiro atoms. The molecule has 1 unspecified atom stereocenters. The Labute approximate surface area is 180 Å². The van der Waals surface area contributed by atoms with E-state index in [1.807, 2.05) is 78.9 Å². The van der Waals surface area contributed by atoms with Crippen LogP contribution < -0.4 is 4.90 Å². The molecule has 5 heteroatoms. The summed E-state index contributed by atoms with van der Waals surface area (Å²) >= 11 is 0. The van der Waals surface area contributed by atoms with E-state index in [-0.39, 0.29) is 24.0 Å². The molecule has 4 aromatic rings. The zero-order valence-corrected chi connectivity index (χ0v) is 16.9. The van der Waals surface area contributed by atoms with Gasteiger partial charge in [0.25, 0.3) is 0 Å². The molecular formula is C26H21N3O2. The van der Waals surface area contributed by atoms with E-state index < -0.39 is 0 Å². The fourth-order valence-electron chi connectivity index (χ4n) is 4.06. The molecule has 1 saturated heterocycles. The minimum absolute atomic E-state index is 0.00439. The average molecular weight is 407 g/mol. The molecule has 1 fully saturated rings. The molecular weight excluding hydrogens is 386 g/mol. The third-order valence-electron chi connectivity index (χ3n) is 5.70. The van der Waals surface area contributed by atoms with Crippen LogP contribution in [0.25, 0.3) is 22.3 Å². The Hall–Kier alpha value is -3.86. The molecule has 0 radical (unpaired) electrons. The number of benzene rings is 3.